The summed E-state index contributed by atoms with van der Waals surface area (Å²) in [6.45, 7) is 0. The number of anilines is 1. The summed E-state index contributed by atoms with van der Waals surface area (Å²) < 4.78 is 0. The van der Waals surface area contributed by atoms with Gasteiger partial charge in [0, 0.05) is 25.5 Å². The van der Waals surface area contributed by atoms with Gasteiger partial charge in [-0.3, -0.25) is 4.98 Å². The third kappa shape index (κ3) is 2.40. The van der Waals surface area contributed by atoms with Crippen molar-refractivity contribution >= 4 is 17.4 Å². The van der Waals surface area contributed by atoms with E-state index in [0.717, 1.165) is 18.7 Å². The summed E-state index contributed by atoms with van der Waals surface area (Å²) in [6, 6.07) is 0.400. The van der Waals surface area contributed by atoms with Crippen molar-refractivity contribution in [1.82, 2.24) is 9.97 Å². The van der Waals surface area contributed by atoms with Gasteiger partial charge in [0.15, 0.2) is 0 Å². The smallest absolute Gasteiger partial charge is 0.147 e. The Hall–Kier alpha value is -0.830. The van der Waals surface area contributed by atoms with Gasteiger partial charge in [-0.1, -0.05) is 12.8 Å². The third-order valence-electron chi connectivity index (χ3n) is 3.06. The standard InChI is InChI=1S/C11H16ClN3/c1-15(11-8-13-6-7-14-11)10-5-3-2-4-9(10)12/h6-10H,2-5H2,1H3. The van der Waals surface area contributed by atoms with Gasteiger partial charge in [0.2, 0.25) is 0 Å². The molecule has 4 heteroatoms. The molecule has 1 aliphatic rings. The fourth-order valence-corrected chi connectivity index (χ4v) is 2.59. The Morgan fingerprint density at radius 3 is 2.80 bits per heavy atom. The lowest BCUT2D eigenvalue weighted by Crippen LogP contribution is -2.41. The number of hydrogen-bond donors (Lipinski definition) is 0. The average molecular weight is 226 g/mol. The lowest BCUT2D eigenvalue weighted by molar-refractivity contribution is 0.432. The second-order valence-electron chi connectivity index (χ2n) is 4.04. The molecular weight excluding hydrogens is 210 g/mol. The molecule has 2 rings (SSSR count). The van der Waals surface area contributed by atoms with Gasteiger partial charge in [0.1, 0.15) is 5.82 Å². The molecule has 1 heterocycles. The maximum Gasteiger partial charge on any atom is 0.147 e. The molecule has 15 heavy (non-hydrogen) atoms. The van der Waals surface area contributed by atoms with Crippen LogP contribution < -0.4 is 4.90 Å². The zero-order chi connectivity index (χ0) is 10.7. The van der Waals surface area contributed by atoms with E-state index in [-0.39, 0.29) is 5.38 Å². The molecule has 3 nitrogen and oxygen atoms in total. The molecule has 2 unspecified atom stereocenters. The summed E-state index contributed by atoms with van der Waals surface area (Å²) in [4.78, 5) is 10.5. The van der Waals surface area contributed by atoms with E-state index in [1.165, 1.54) is 12.8 Å². The summed E-state index contributed by atoms with van der Waals surface area (Å²) in [5, 5.41) is 0.241. The maximum atomic E-state index is 6.34. The second kappa shape index (κ2) is 4.79. The van der Waals surface area contributed by atoms with Gasteiger partial charge in [-0.25, -0.2) is 4.98 Å². The van der Waals surface area contributed by atoms with Crippen LogP contribution in [0.15, 0.2) is 18.6 Å². The Kier molecular flexibility index (Phi) is 3.41. The summed E-state index contributed by atoms with van der Waals surface area (Å²) in [6.07, 6.45) is 9.97. The minimum atomic E-state index is 0.241. The maximum absolute atomic E-state index is 6.34. The van der Waals surface area contributed by atoms with E-state index in [0.29, 0.717) is 6.04 Å². The predicted octanol–water partition coefficient (Wildman–Crippen LogP) is 2.46. The van der Waals surface area contributed by atoms with Crippen LogP contribution in [-0.2, 0) is 0 Å². The quantitative estimate of drug-likeness (QED) is 0.725. The van der Waals surface area contributed by atoms with Crippen molar-refractivity contribution in [2.24, 2.45) is 0 Å². The molecule has 0 saturated heterocycles. The molecule has 0 aliphatic heterocycles. The van der Waals surface area contributed by atoms with Gasteiger partial charge in [0.25, 0.3) is 0 Å². The van der Waals surface area contributed by atoms with E-state index in [1.807, 2.05) is 0 Å². The van der Waals surface area contributed by atoms with E-state index >= 15 is 0 Å². The third-order valence-corrected chi connectivity index (χ3v) is 3.56. The van der Waals surface area contributed by atoms with E-state index in [9.17, 15) is 0 Å². The van der Waals surface area contributed by atoms with Crippen LogP contribution in [0, 0.1) is 0 Å². The monoisotopic (exact) mass is 225 g/mol. The zero-order valence-electron chi connectivity index (χ0n) is 8.93. The molecule has 1 aromatic heterocycles. The number of nitrogens with zero attached hydrogens (tertiary/aromatic N) is 3. The Labute approximate surface area is 95.5 Å². The SMILES string of the molecule is CN(c1cnccn1)C1CCCCC1Cl. The lowest BCUT2D eigenvalue weighted by Gasteiger charge is -2.35. The first-order valence-corrected chi connectivity index (χ1v) is 5.85. The number of alkyl halides is 1. The fourth-order valence-electron chi connectivity index (χ4n) is 2.15. The van der Waals surface area contributed by atoms with Crippen LogP contribution in [0.1, 0.15) is 25.7 Å². The van der Waals surface area contributed by atoms with Crippen molar-refractivity contribution in [1.29, 1.82) is 0 Å². The summed E-state index contributed by atoms with van der Waals surface area (Å²) in [5.74, 6) is 0.912. The molecule has 1 aliphatic carbocycles. The number of rotatable bonds is 2. The highest BCUT2D eigenvalue weighted by Crippen LogP contribution is 2.28. The van der Waals surface area contributed by atoms with Crippen molar-refractivity contribution in [3.63, 3.8) is 0 Å². The molecule has 0 bridgehead atoms. The average Bonchev–Trinajstić information content (AvgIpc) is 2.30. The Bertz CT molecular complexity index is 304. The van der Waals surface area contributed by atoms with E-state index in [2.05, 4.69) is 21.9 Å². The molecule has 1 aromatic rings. The van der Waals surface area contributed by atoms with Crippen LogP contribution in [0.5, 0.6) is 0 Å². The molecule has 82 valence electrons. The molecular formula is C11H16ClN3. The highest BCUT2D eigenvalue weighted by atomic mass is 35.5. The Morgan fingerprint density at radius 2 is 2.13 bits per heavy atom. The van der Waals surface area contributed by atoms with Crippen LogP contribution in [0.2, 0.25) is 0 Å². The van der Waals surface area contributed by atoms with Crippen LogP contribution in [-0.4, -0.2) is 28.4 Å². The second-order valence-corrected chi connectivity index (χ2v) is 4.60. The van der Waals surface area contributed by atoms with Gasteiger partial charge in [-0.05, 0) is 12.8 Å². The molecule has 0 spiro atoms. The molecule has 2 atom stereocenters. The number of aromatic nitrogens is 2. The Morgan fingerprint density at radius 1 is 1.33 bits per heavy atom. The van der Waals surface area contributed by atoms with Crippen LogP contribution in [0.25, 0.3) is 0 Å². The van der Waals surface area contributed by atoms with E-state index in [4.69, 9.17) is 11.6 Å². The highest BCUT2D eigenvalue weighted by molar-refractivity contribution is 6.21. The molecule has 0 aromatic carbocycles. The first kappa shape index (κ1) is 10.7. The zero-order valence-corrected chi connectivity index (χ0v) is 9.69. The van der Waals surface area contributed by atoms with Crippen molar-refractivity contribution in [3.05, 3.63) is 18.6 Å². The first-order valence-electron chi connectivity index (χ1n) is 5.42. The van der Waals surface area contributed by atoms with Crippen molar-refractivity contribution in [2.45, 2.75) is 37.1 Å². The fraction of sp³-hybridized carbons (Fsp3) is 0.636. The van der Waals surface area contributed by atoms with E-state index in [1.54, 1.807) is 18.6 Å². The van der Waals surface area contributed by atoms with Crippen LogP contribution in [0.4, 0.5) is 5.82 Å². The van der Waals surface area contributed by atoms with E-state index < -0.39 is 0 Å². The van der Waals surface area contributed by atoms with Crippen molar-refractivity contribution < 1.29 is 0 Å². The molecule has 0 radical (unpaired) electrons. The van der Waals surface area contributed by atoms with Gasteiger partial charge in [-0.15, -0.1) is 11.6 Å². The predicted molar refractivity (Wildman–Crippen MR) is 62.3 cm³/mol. The lowest BCUT2D eigenvalue weighted by atomic mass is 9.94. The molecule has 0 N–H and O–H groups in total. The molecule has 1 fully saturated rings. The number of halogens is 1. The normalized spacial score (nSPS) is 26.3. The first-order chi connectivity index (χ1) is 7.29. The van der Waals surface area contributed by atoms with Gasteiger partial charge in [0.05, 0.1) is 11.6 Å². The van der Waals surface area contributed by atoms with Crippen molar-refractivity contribution in [3.8, 4) is 0 Å². The van der Waals surface area contributed by atoms with Crippen LogP contribution >= 0.6 is 11.6 Å². The highest BCUT2D eigenvalue weighted by Gasteiger charge is 2.27. The van der Waals surface area contributed by atoms with Crippen LogP contribution in [0.3, 0.4) is 0 Å². The summed E-state index contributed by atoms with van der Waals surface area (Å²) in [7, 11) is 2.05. The summed E-state index contributed by atoms with van der Waals surface area (Å²) >= 11 is 6.34. The summed E-state index contributed by atoms with van der Waals surface area (Å²) in [5.41, 5.74) is 0. The van der Waals surface area contributed by atoms with Gasteiger partial charge in [-0.2, -0.15) is 0 Å². The Balaban J connectivity index is 2.09. The largest absolute Gasteiger partial charge is 0.354 e. The minimum Gasteiger partial charge on any atom is -0.354 e. The van der Waals surface area contributed by atoms with Gasteiger partial charge < -0.3 is 4.90 Å². The van der Waals surface area contributed by atoms with Gasteiger partial charge >= 0.3 is 0 Å². The number of hydrogen-bond acceptors (Lipinski definition) is 3. The topological polar surface area (TPSA) is 29.0 Å². The molecule has 1 saturated carbocycles. The molecule has 0 amide bonds. The minimum absolute atomic E-state index is 0.241. The van der Waals surface area contributed by atoms with Crippen molar-refractivity contribution in [2.75, 3.05) is 11.9 Å².